The Labute approximate surface area is 211 Å². The van der Waals surface area contributed by atoms with E-state index in [2.05, 4.69) is 10.6 Å². The van der Waals surface area contributed by atoms with Crippen molar-refractivity contribution >= 4 is 23.6 Å². The molecule has 2 aliphatic heterocycles. The van der Waals surface area contributed by atoms with E-state index in [9.17, 15) is 14.4 Å². The predicted octanol–water partition coefficient (Wildman–Crippen LogP) is 1.52. The summed E-state index contributed by atoms with van der Waals surface area (Å²) in [6.45, 7) is 2.79. The van der Waals surface area contributed by atoms with Crippen molar-refractivity contribution in [1.82, 2.24) is 15.5 Å². The van der Waals surface area contributed by atoms with Crippen LogP contribution in [0.3, 0.4) is 0 Å². The second kappa shape index (κ2) is 12.3. The molecule has 36 heavy (non-hydrogen) atoms. The number of hydrogen-bond acceptors (Lipinski definition) is 7. The van der Waals surface area contributed by atoms with E-state index < -0.39 is 6.10 Å². The first-order chi connectivity index (χ1) is 17.4. The first kappa shape index (κ1) is 26.1. The lowest BCUT2D eigenvalue weighted by Gasteiger charge is -2.35. The number of morpholine rings is 1. The number of likely N-dealkylation sites (tertiary alicyclic amines) is 1. The molecule has 2 heterocycles. The van der Waals surface area contributed by atoms with E-state index in [0.717, 1.165) is 24.9 Å². The Kier molecular flexibility index (Phi) is 8.93. The van der Waals surface area contributed by atoms with Crippen LogP contribution in [0.15, 0.2) is 24.3 Å². The number of hydrogen-bond donors (Lipinski definition) is 4. The van der Waals surface area contributed by atoms with Gasteiger partial charge in [-0.15, -0.1) is 0 Å². The molecule has 1 aromatic rings. The number of carbonyl (C=O) groups is 3. The Balaban J connectivity index is 1.14. The molecule has 1 aromatic carbocycles. The third kappa shape index (κ3) is 6.82. The number of nitrogen functional groups attached to an aromatic ring is 1. The van der Waals surface area contributed by atoms with Gasteiger partial charge < -0.3 is 30.7 Å². The number of ether oxygens (including phenoxy) is 2. The van der Waals surface area contributed by atoms with E-state index in [4.69, 9.17) is 20.6 Å². The largest absolute Gasteiger partial charge is 0.457 e. The minimum absolute atomic E-state index is 0.0433. The fraction of sp³-hybridized carbons (Fsp3) is 0.615. The van der Waals surface area contributed by atoms with Crippen LogP contribution >= 0.6 is 0 Å². The Hall–Kier alpha value is -2.98. The number of Topliss-reactive ketones (excluding diaryl/α,β-unsaturated/α-hetero) is 1. The summed E-state index contributed by atoms with van der Waals surface area (Å²) in [5, 5.41) is 13.7. The number of amides is 2. The van der Waals surface area contributed by atoms with Gasteiger partial charge in [-0.25, -0.2) is 4.79 Å². The summed E-state index contributed by atoms with van der Waals surface area (Å²) < 4.78 is 10.7. The quantitative estimate of drug-likeness (QED) is 0.253. The maximum atomic E-state index is 12.8. The molecule has 1 atom stereocenters. The second-order valence-electron chi connectivity index (χ2n) is 9.93. The van der Waals surface area contributed by atoms with Gasteiger partial charge in [0.15, 0.2) is 12.4 Å². The van der Waals surface area contributed by atoms with Crippen LogP contribution < -0.4 is 16.4 Å². The van der Waals surface area contributed by atoms with Gasteiger partial charge in [0, 0.05) is 37.8 Å². The van der Waals surface area contributed by atoms with Crippen molar-refractivity contribution in [3.8, 4) is 0 Å². The molecule has 196 valence electrons. The highest BCUT2D eigenvalue weighted by molar-refractivity contribution is 5.94. The van der Waals surface area contributed by atoms with Gasteiger partial charge in [0.2, 0.25) is 0 Å². The lowest BCUT2D eigenvalue weighted by molar-refractivity contribution is -0.156. The minimum atomic E-state index is -0.546. The maximum absolute atomic E-state index is 12.8. The first-order valence-electron chi connectivity index (χ1n) is 12.9. The molecule has 0 bridgehead atoms. The van der Waals surface area contributed by atoms with Gasteiger partial charge in [-0.05, 0) is 50.0 Å². The molecule has 2 amide bonds. The summed E-state index contributed by atoms with van der Waals surface area (Å²) in [6.07, 6.45) is 3.95. The van der Waals surface area contributed by atoms with Crippen molar-refractivity contribution in [2.75, 3.05) is 39.4 Å². The molecule has 10 heteroatoms. The molecule has 0 spiro atoms. The van der Waals surface area contributed by atoms with E-state index in [1.807, 2.05) is 29.2 Å². The van der Waals surface area contributed by atoms with Gasteiger partial charge >= 0.3 is 12.0 Å². The number of piperidine rings is 1. The lowest BCUT2D eigenvalue weighted by Crippen LogP contribution is -2.48. The molecule has 0 radical (unpaired) electrons. The molecule has 10 nitrogen and oxygen atoms in total. The smallest absolute Gasteiger partial charge is 0.317 e. The van der Waals surface area contributed by atoms with Crippen LogP contribution in [0, 0.1) is 11.3 Å². The summed E-state index contributed by atoms with van der Waals surface area (Å²) >= 11 is 0. The fourth-order valence-corrected chi connectivity index (χ4v) is 5.22. The molecule has 1 aliphatic carbocycles. The molecule has 4 rings (SSSR count). The van der Waals surface area contributed by atoms with Crippen molar-refractivity contribution in [2.24, 2.45) is 11.7 Å². The summed E-state index contributed by atoms with van der Waals surface area (Å²) in [7, 11) is 0. The van der Waals surface area contributed by atoms with Crippen molar-refractivity contribution in [3.05, 3.63) is 35.4 Å². The number of urea groups is 1. The average Bonchev–Trinajstić information content (AvgIpc) is 2.92. The number of rotatable bonds is 7. The van der Waals surface area contributed by atoms with Crippen LogP contribution in [-0.2, 0) is 19.1 Å². The zero-order chi connectivity index (χ0) is 25.5. The van der Waals surface area contributed by atoms with Crippen LogP contribution in [0.2, 0.25) is 0 Å². The van der Waals surface area contributed by atoms with Crippen LogP contribution in [0.1, 0.15) is 55.6 Å². The van der Waals surface area contributed by atoms with Crippen molar-refractivity contribution < 1.29 is 23.9 Å². The number of nitrogens with one attached hydrogen (secondary N) is 3. The van der Waals surface area contributed by atoms with E-state index in [0.29, 0.717) is 57.8 Å². The summed E-state index contributed by atoms with van der Waals surface area (Å²) in [5.74, 6) is -0.328. The van der Waals surface area contributed by atoms with Gasteiger partial charge in [0.25, 0.3) is 0 Å². The van der Waals surface area contributed by atoms with E-state index in [-0.39, 0.29) is 42.2 Å². The number of nitrogens with zero attached hydrogens (tertiary/aromatic N) is 1. The molecule has 5 N–H and O–H groups in total. The number of nitrogens with two attached hydrogens (primary N) is 1. The Bertz CT molecular complexity index is 931. The minimum Gasteiger partial charge on any atom is -0.457 e. The van der Waals surface area contributed by atoms with Crippen LogP contribution in [0.5, 0.6) is 0 Å². The maximum Gasteiger partial charge on any atom is 0.317 e. The zero-order valence-electron chi connectivity index (χ0n) is 20.7. The number of amidine groups is 1. The van der Waals surface area contributed by atoms with E-state index in [1.54, 1.807) is 0 Å². The fourth-order valence-electron chi connectivity index (χ4n) is 5.22. The van der Waals surface area contributed by atoms with Gasteiger partial charge in [-0.3, -0.25) is 15.0 Å². The topological polar surface area (TPSA) is 147 Å². The normalized spacial score (nSPS) is 25.1. The number of benzene rings is 1. The standard InChI is InChI=1S/C26H37N5O5/c27-24(28)19-3-1-17(2-4-19)18-9-12-31(13-10-18)26(34)30-21-7-5-20(6-8-21)25(33)36-16-22(32)23-15-29-11-14-35-23/h1-4,18,20-21,23,29H,5-16H2,(H3,27,28)(H,30,34). The highest BCUT2D eigenvalue weighted by Gasteiger charge is 2.31. The SMILES string of the molecule is N=C(N)c1ccc(C2CCN(C(=O)NC3CCC(C(=O)OCC(=O)C4CNCCO4)CC3)CC2)cc1. The summed E-state index contributed by atoms with van der Waals surface area (Å²) in [5.41, 5.74) is 7.47. The highest BCUT2D eigenvalue weighted by Crippen LogP contribution is 2.29. The number of ketones is 1. The van der Waals surface area contributed by atoms with E-state index >= 15 is 0 Å². The van der Waals surface area contributed by atoms with Crippen molar-refractivity contribution in [3.63, 3.8) is 0 Å². The molecule has 3 aliphatic rings. The number of carbonyl (C=O) groups excluding carboxylic acids is 3. The molecule has 2 saturated heterocycles. The lowest BCUT2D eigenvalue weighted by atomic mass is 9.86. The Morgan fingerprint density at radius 3 is 2.39 bits per heavy atom. The molecule has 1 saturated carbocycles. The third-order valence-electron chi connectivity index (χ3n) is 7.51. The summed E-state index contributed by atoms with van der Waals surface area (Å²) in [6, 6.07) is 7.81. The van der Waals surface area contributed by atoms with Gasteiger partial charge in [-0.1, -0.05) is 24.3 Å². The third-order valence-corrected chi connectivity index (χ3v) is 7.51. The summed E-state index contributed by atoms with van der Waals surface area (Å²) in [4.78, 5) is 39.2. The molecule has 1 unspecified atom stereocenters. The highest BCUT2D eigenvalue weighted by atomic mass is 16.5. The molecule has 0 aromatic heterocycles. The van der Waals surface area contributed by atoms with Gasteiger partial charge in [-0.2, -0.15) is 0 Å². The average molecular weight is 500 g/mol. The van der Waals surface area contributed by atoms with Crippen LogP contribution in [0.25, 0.3) is 0 Å². The van der Waals surface area contributed by atoms with Gasteiger partial charge in [0.05, 0.1) is 12.5 Å². The van der Waals surface area contributed by atoms with Crippen LogP contribution in [-0.4, -0.2) is 80.1 Å². The zero-order valence-corrected chi connectivity index (χ0v) is 20.7. The van der Waals surface area contributed by atoms with E-state index in [1.165, 1.54) is 5.56 Å². The monoisotopic (exact) mass is 499 g/mol. The number of esters is 1. The molecular formula is C26H37N5O5. The Morgan fingerprint density at radius 2 is 1.78 bits per heavy atom. The molecular weight excluding hydrogens is 462 g/mol. The molecule has 3 fully saturated rings. The second-order valence-corrected chi connectivity index (χ2v) is 9.93. The van der Waals surface area contributed by atoms with Crippen LogP contribution in [0.4, 0.5) is 4.79 Å². The predicted molar refractivity (Wildman–Crippen MR) is 134 cm³/mol. The van der Waals surface area contributed by atoms with Gasteiger partial charge in [0.1, 0.15) is 11.9 Å². The van der Waals surface area contributed by atoms with Crippen molar-refractivity contribution in [2.45, 2.75) is 56.6 Å². The Morgan fingerprint density at radius 1 is 1.08 bits per heavy atom. The van der Waals surface area contributed by atoms with Crippen molar-refractivity contribution in [1.29, 1.82) is 5.41 Å². The first-order valence-corrected chi connectivity index (χ1v) is 12.9.